The van der Waals surface area contributed by atoms with Gasteiger partial charge in [-0.2, -0.15) is 0 Å². The smallest absolute Gasteiger partial charge is 0.206 e. The predicted molar refractivity (Wildman–Crippen MR) is 89.7 cm³/mol. The Morgan fingerprint density at radius 2 is 1.70 bits per heavy atom. The van der Waals surface area contributed by atoms with Crippen LogP contribution in [0, 0.1) is 13.8 Å². The minimum Gasteiger partial charge on any atom is -0.206 e. The fraction of sp³-hybridized carbons (Fsp3) is 0.231. The molecule has 2 rings (SSSR count). The molecule has 108 valence electrons. The molecule has 1 heterocycles. The molecule has 0 atom stereocenters. The molecular weight excluding hydrogens is 426 g/mol. The van der Waals surface area contributed by atoms with E-state index in [4.69, 9.17) is 0 Å². The summed E-state index contributed by atoms with van der Waals surface area (Å²) in [6.07, 6.45) is 0. The second kappa shape index (κ2) is 6.27. The zero-order valence-electron chi connectivity index (χ0n) is 10.9. The Bertz CT molecular complexity index is 699. The number of hydrogen-bond acceptors (Lipinski definition) is 3. The van der Waals surface area contributed by atoms with Gasteiger partial charge >= 0.3 is 0 Å². The van der Waals surface area contributed by atoms with Crippen LogP contribution >= 0.6 is 43.2 Å². The van der Waals surface area contributed by atoms with Crippen molar-refractivity contribution in [2.45, 2.75) is 24.6 Å². The molecule has 0 bridgehead atoms. The van der Waals surface area contributed by atoms with Crippen LogP contribution in [-0.4, -0.2) is 8.42 Å². The van der Waals surface area contributed by atoms with Gasteiger partial charge in [-0.15, -0.1) is 11.3 Å². The fourth-order valence-corrected chi connectivity index (χ4v) is 5.76. The Morgan fingerprint density at radius 1 is 1.10 bits per heavy atom. The van der Waals surface area contributed by atoms with Gasteiger partial charge in [-0.1, -0.05) is 29.3 Å². The van der Waals surface area contributed by atoms with Crippen molar-refractivity contribution in [2.75, 3.05) is 0 Å². The molecule has 0 aliphatic heterocycles. The van der Waals surface area contributed by atoms with Crippen molar-refractivity contribution in [1.82, 2.24) is 4.72 Å². The van der Waals surface area contributed by atoms with Crippen LogP contribution in [0.5, 0.6) is 0 Å². The Hall–Kier alpha value is -0.210. The first kappa shape index (κ1) is 16.2. The Morgan fingerprint density at radius 3 is 2.20 bits per heavy atom. The van der Waals surface area contributed by atoms with Crippen molar-refractivity contribution in [3.05, 3.63) is 49.2 Å². The largest absolute Gasteiger partial charge is 0.250 e. The van der Waals surface area contributed by atoms with Gasteiger partial charge in [0.25, 0.3) is 0 Å². The lowest BCUT2D eigenvalue weighted by molar-refractivity contribution is 0.583. The maximum Gasteiger partial charge on any atom is 0.250 e. The summed E-state index contributed by atoms with van der Waals surface area (Å²) in [5, 5.41) is 0. The van der Waals surface area contributed by atoms with E-state index in [2.05, 4.69) is 42.6 Å². The molecule has 1 aromatic carbocycles. The van der Waals surface area contributed by atoms with Gasteiger partial charge in [0.15, 0.2) is 0 Å². The monoisotopic (exact) mass is 437 g/mol. The standard InChI is InChI=1S/C13H13Br2NO2S2/c1-8-3-9(2)5-10(4-8)7-16-20(17,18)12-6-11(14)13(15)19-12/h3-6,16H,7H2,1-2H3. The maximum atomic E-state index is 12.2. The minimum atomic E-state index is -3.48. The summed E-state index contributed by atoms with van der Waals surface area (Å²) in [5.41, 5.74) is 3.21. The number of hydrogen-bond donors (Lipinski definition) is 1. The Balaban J connectivity index is 2.17. The van der Waals surface area contributed by atoms with E-state index in [-0.39, 0.29) is 6.54 Å². The number of benzene rings is 1. The summed E-state index contributed by atoms with van der Waals surface area (Å²) < 4.78 is 28.8. The Kier molecular flexibility index (Phi) is 5.07. The lowest BCUT2D eigenvalue weighted by Crippen LogP contribution is -2.22. The first-order valence-electron chi connectivity index (χ1n) is 5.79. The number of nitrogens with one attached hydrogen (secondary N) is 1. The van der Waals surface area contributed by atoms with E-state index in [1.54, 1.807) is 6.07 Å². The molecule has 0 radical (unpaired) electrons. The van der Waals surface area contributed by atoms with Crippen molar-refractivity contribution >= 4 is 53.2 Å². The highest BCUT2D eigenvalue weighted by atomic mass is 79.9. The average Bonchev–Trinajstić information content (AvgIpc) is 2.67. The summed E-state index contributed by atoms with van der Waals surface area (Å²) in [7, 11) is -3.48. The molecule has 7 heteroatoms. The zero-order valence-corrected chi connectivity index (χ0v) is 15.7. The van der Waals surface area contributed by atoms with Gasteiger partial charge in [-0.05, 0) is 57.3 Å². The molecular formula is C13H13Br2NO2S2. The van der Waals surface area contributed by atoms with Crippen LogP contribution in [-0.2, 0) is 16.6 Å². The van der Waals surface area contributed by atoms with Crippen molar-refractivity contribution in [1.29, 1.82) is 0 Å². The van der Waals surface area contributed by atoms with Crippen LogP contribution in [0.1, 0.15) is 16.7 Å². The van der Waals surface area contributed by atoms with Crippen LogP contribution in [0.4, 0.5) is 0 Å². The third-order valence-corrected chi connectivity index (χ3v) is 7.77. The molecule has 0 amide bonds. The lowest BCUT2D eigenvalue weighted by Gasteiger charge is -2.07. The second-order valence-electron chi connectivity index (χ2n) is 4.51. The number of thiophene rings is 1. The molecule has 3 nitrogen and oxygen atoms in total. The van der Waals surface area contributed by atoms with Crippen LogP contribution in [0.3, 0.4) is 0 Å². The van der Waals surface area contributed by atoms with Gasteiger partial charge in [0, 0.05) is 11.0 Å². The highest BCUT2D eigenvalue weighted by Gasteiger charge is 2.18. The molecule has 0 spiro atoms. The van der Waals surface area contributed by atoms with E-state index in [1.807, 2.05) is 26.0 Å². The van der Waals surface area contributed by atoms with E-state index in [0.717, 1.165) is 24.9 Å². The number of aryl methyl sites for hydroxylation is 2. The molecule has 0 aliphatic carbocycles. The second-order valence-corrected chi connectivity index (χ2v) is 9.73. The molecule has 1 N–H and O–H groups in total. The van der Waals surface area contributed by atoms with Crippen molar-refractivity contribution in [3.8, 4) is 0 Å². The van der Waals surface area contributed by atoms with Crippen molar-refractivity contribution in [3.63, 3.8) is 0 Å². The van der Waals surface area contributed by atoms with Gasteiger partial charge in [0.1, 0.15) is 4.21 Å². The SMILES string of the molecule is Cc1cc(C)cc(CNS(=O)(=O)c2cc(Br)c(Br)s2)c1. The molecule has 0 saturated carbocycles. The molecule has 0 fully saturated rings. The summed E-state index contributed by atoms with van der Waals surface area (Å²) in [4.78, 5) is 0. The minimum absolute atomic E-state index is 0.290. The number of halogens is 2. The van der Waals surface area contributed by atoms with Gasteiger partial charge in [0.05, 0.1) is 3.79 Å². The van der Waals surface area contributed by atoms with Gasteiger partial charge in [-0.3, -0.25) is 0 Å². The third-order valence-electron chi connectivity index (χ3n) is 2.64. The number of sulfonamides is 1. The van der Waals surface area contributed by atoms with E-state index >= 15 is 0 Å². The average molecular weight is 439 g/mol. The van der Waals surface area contributed by atoms with Gasteiger partial charge < -0.3 is 0 Å². The maximum absolute atomic E-state index is 12.2. The first-order chi connectivity index (χ1) is 9.28. The lowest BCUT2D eigenvalue weighted by atomic mass is 10.1. The van der Waals surface area contributed by atoms with Gasteiger partial charge in [0.2, 0.25) is 10.0 Å². The molecule has 0 saturated heterocycles. The van der Waals surface area contributed by atoms with Crippen molar-refractivity contribution in [2.24, 2.45) is 0 Å². The van der Waals surface area contributed by atoms with E-state index in [9.17, 15) is 8.42 Å². The highest BCUT2D eigenvalue weighted by molar-refractivity contribution is 9.13. The number of rotatable bonds is 4. The molecule has 20 heavy (non-hydrogen) atoms. The summed E-state index contributed by atoms with van der Waals surface area (Å²) in [6.45, 7) is 4.29. The van der Waals surface area contributed by atoms with E-state index in [0.29, 0.717) is 4.21 Å². The van der Waals surface area contributed by atoms with E-state index in [1.165, 1.54) is 11.3 Å². The molecule has 2 aromatic rings. The summed E-state index contributed by atoms with van der Waals surface area (Å²) in [5.74, 6) is 0. The first-order valence-corrected chi connectivity index (χ1v) is 9.68. The van der Waals surface area contributed by atoms with Crippen molar-refractivity contribution < 1.29 is 8.42 Å². The van der Waals surface area contributed by atoms with Gasteiger partial charge in [-0.25, -0.2) is 13.1 Å². The highest BCUT2D eigenvalue weighted by Crippen LogP contribution is 2.34. The van der Waals surface area contributed by atoms with Crippen LogP contribution in [0.2, 0.25) is 0 Å². The fourth-order valence-electron chi connectivity index (χ4n) is 1.88. The quantitative estimate of drug-likeness (QED) is 0.770. The Labute approximate surface area is 139 Å². The summed E-state index contributed by atoms with van der Waals surface area (Å²) in [6, 6.07) is 7.62. The third kappa shape index (κ3) is 3.92. The molecule has 0 aliphatic rings. The molecule has 1 aromatic heterocycles. The van der Waals surface area contributed by atoms with E-state index < -0.39 is 10.0 Å². The predicted octanol–water partition coefficient (Wildman–Crippen LogP) is 4.37. The van der Waals surface area contributed by atoms with Crippen LogP contribution in [0.25, 0.3) is 0 Å². The van der Waals surface area contributed by atoms with Crippen LogP contribution < -0.4 is 4.72 Å². The molecule has 0 unspecified atom stereocenters. The van der Waals surface area contributed by atoms with Crippen LogP contribution in [0.15, 0.2) is 36.7 Å². The normalized spacial score (nSPS) is 11.8. The summed E-state index contributed by atoms with van der Waals surface area (Å²) >= 11 is 7.78. The zero-order chi connectivity index (χ0) is 14.9. The topological polar surface area (TPSA) is 46.2 Å².